The molecule has 7 heteroatoms. The van der Waals surface area contributed by atoms with Crippen LogP contribution in [0.25, 0.3) is 0 Å². The first-order valence-electron chi connectivity index (χ1n) is 4.50. The van der Waals surface area contributed by atoms with Gasteiger partial charge in [0.2, 0.25) is 0 Å². The summed E-state index contributed by atoms with van der Waals surface area (Å²) in [5, 5.41) is 1.43. The zero-order valence-corrected chi connectivity index (χ0v) is 11.4. The van der Waals surface area contributed by atoms with Gasteiger partial charge in [-0.05, 0) is 19.8 Å². The van der Waals surface area contributed by atoms with Crippen molar-refractivity contribution in [2.75, 3.05) is 5.33 Å². The predicted molar refractivity (Wildman–Crippen MR) is 62.9 cm³/mol. The third-order valence-electron chi connectivity index (χ3n) is 2.33. The van der Waals surface area contributed by atoms with Gasteiger partial charge in [0.05, 0.1) is 11.2 Å². The molecule has 15 heavy (non-hydrogen) atoms. The van der Waals surface area contributed by atoms with Gasteiger partial charge in [-0.1, -0.05) is 15.9 Å². The van der Waals surface area contributed by atoms with E-state index in [0.717, 1.165) is 17.8 Å². The van der Waals surface area contributed by atoms with Crippen LogP contribution in [-0.4, -0.2) is 24.3 Å². The van der Waals surface area contributed by atoms with Crippen molar-refractivity contribution in [2.24, 2.45) is 0 Å². The average molecular weight is 311 g/mol. The van der Waals surface area contributed by atoms with Crippen LogP contribution in [0.1, 0.15) is 17.8 Å². The number of nitrogens with one attached hydrogen (secondary N) is 1. The summed E-state index contributed by atoms with van der Waals surface area (Å²) in [6, 6.07) is 0. The summed E-state index contributed by atoms with van der Waals surface area (Å²) in [6.07, 6.45) is 3.21. The first-order valence-corrected chi connectivity index (χ1v) is 7.92. The van der Waals surface area contributed by atoms with Crippen LogP contribution in [0.2, 0.25) is 0 Å². The van der Waals surface area contributed by atoms with Gasteiger partial charge >= 0.3 is 0 Å². The highest BCUT2D eigenvalue weighted by atomic mass is 79.9. The van der Waals surface area contributed by atoms with E-state index in [1.807, 2.05) is 0 Å². The Kier molecular flexibility index (Phi) is 2.91. The van der Waals surface area contributed by atoms with E-state index in [-0.39, 0.29) is 5.54 Å². The summed E-state index contributed by atoms with van der Waals surface area (Å²) in [5.74, 6) is 0. The molecule has 0 aliphatic heterocycles. The van der Waals surface area contributed by atoms with E-state index < -0.39 is 10.0 Å². The molecule has 1 aromatic rings. The van der Waals surface area contributed by atoms with Crippen molar-refractivity contribution in [3.8, 4) is 0 Å². The molecule has 84 valence electrons. The first-order chi connectivity index (χ1) is 6.97. The van der Waals surface area contributed by atoms with Gasteiger partial charge in [0.1, 0.15) is 0 Å². The molecule has 1 aromatic heterocycles. The van der Waals surface area contributed by atoms with E-state index in [4.69, 9.17) is 0 Å². The third-order valence-corrected chi connectivity index (χ3v) is 6.35. The maximum Gasteiger partial charge on any atom is 0.252 e. The molecule has 0 aromatic carbocycles. The third kappa shape index (κ3) is 2.41. The second-order valence-corrected chi connectivity index (χ2v) is 7.42. The fourth-order valence-corrected chi connectivity index (χ4v) is 4.67. The number of hydrogen-bond acceptors (Lipinski definition) is 4. The minimum Gasteiger partial charge on any atom is -0.249 e. The van der Waals surface area contributed by atoms with Crippen LogP contribution < -0.4 is 4.72 Å². The molecule has 1 heterocycles. The predicted octanol–water partition coefficient (Wildman–Crippen LogP) is 1.66. The Morgan fingerprint density at radius 1 is 1.67 bits per heavy atom. The first kappa shape index (κ1) is 11.5. The highest BCUT2D eigenvalue weighted by Crippen LogP contribution is 2.38. The molecule has 0 unspecified atom stereocenters. The summed E-state index contributed by atoms with van der Waals surface area (Å²) in [6.45, 7) is 1.79. The SMILES string of the molecule is Cc1ncc(S(=O)(=O)NC2(CBr)CC2)s1. The molecule has 2 rings (SSSR count). The van der Waals surface area contributed by atoms with E-state index in [2.05, 4.69) is 25.6 Å². The standard InChI is InChI=1S/C8H11BrN2O2S2/c1-6-10-4-7(14-6)15(12,13)11-8(5-9)2-3-8/h4,11H,2-3,5H2,1H3. The highest BCUT2D eigenvalue weighted by molar-refractivity contribution is 9.09. The van der Waals surface area contributed by atoms with Gasteiger partial charge in [-0.3, -0.25) is 0 Å². The second-order valence-electron chi connectivity index (χ2n) is 3.72. The van der Waals surface area contributed by atoms with Crippen molar-refractivity contribution in [1.82, 2.24) is 9.71 Å². The Balaban J connectivity index is 2.21. The topological polar surface area (TPSA) is 59.1 Å². The van der Waals surface area contributed by atoms with Crippen LogP contribution >= 0.6 is 27.3 Å². The molecule has 1 aliphatic carbocycles. The van der Waals surface area contributed by atoms with Gasteiger partial charge in [0.15, 0.2) is 4.21 Å². The lowest BCUT2D eigenvalue weighted by atomic mass is 10.4. The lowest BCUT2D eigenvalue weighted by Gasteiger charge is -2.12. The van der Waals surface area contributed by atoms with Gasteiger partial charge < -0.3 is 0 Å². The van der Waals surface area contributed by atoms with Crippen molar-refractivity contribution in [3.63, 3.8) is 0 Å². The number of thiazole rings is 1. The largest absolute Gasteiger partial charge is 0.252 e. The molecule has 0 amide bonds. The number of aromatic nitrogens is 1. The summed E-state index contributed by atoms with van der Waals surface area (Å²) >= 11 is 4.52. The van der Waals surface area contributed by atoms with Crippen molar-refractivity contribution < 1.29 is 8.42 Å². The number of rotatable bonds is 4. The highest BCUT2D eigenvalue weighted by Gasteiger charge is 2.45. The van der Waals surface area contributed by atoms with Crippen molar-refractivity contribution in [3.05, 3.63) is 11.2 Å². The van der Waals surface area contributed by atoms with E-state index >= 15 is 0 Å². The summed E-state index contributed by atoms with van der Waals surface area (Å²) in [7, 11) is -3.37. The van der Waals surface area contributed by atoms with Crippen LogP contribution in [0, 0.1) is 6.92 Å². The van der Waals surface area contributed by atoms with Gasteiger partial charge in [0, 0.05) is 10.9 Å². The van der Waals surface area contributed by atoms with Crippen molar-refractivity contribution >= 4 is 37.3 Å². The fraction of sp³-hybridized carbons (Fsp3) is 0.625. The van der Waals surface area contributed by atoms with Gasteiger partial charge in [-0.2, -0.15) is 0 Å². The second kappa shape index (κ2) is 3.80. The molecule has 0 bridgehead atoms. The van der Waals surface area contributed by atoms with Crippen LogP contribution in [0.4, 0.5) is 0 Å². The van der Waals surface area contributed by atoms with Gasteiger partial charge in [-0.15, -0.1) is 11.3 Å². The van der Waals surface area contributed by atoms with E-state index in [0.29, 0.717) is 9.54 Å². The quantitative estimate of drug-likeness (QED) is 0.860. The van der Waals surface area contributed by atoms with Crippen LogP contribution in [0.5, 0.6) is 0 Å². The summed E-state index contributed by atoms with van der Waals surface area (Å²) < 4.78 is 26.8. The molecule has 1 saturated carbocycles. The van der Waals surface area contributed by atoms with Gasteiger partial charge in [0.25, 0.3) is 10.0 Å². The number of sulfonamides is 1. The Morgan fingerprint density at radius 2 is 2.33 bits per heavy atom. The average Bonchev–Trinajstić information content (AvgIpc) is 2.78. The number of nitrogens with zero attached hydrogens (tertiary/aromatic N) is 1. The number of alkyl halides is 1. The monoisotopic (exact) mass is 310 g/mol. The lowest BCUT2D eigenvalue weighted by Crippen LogP contribution is -2.37. The molecule has 4 nitrogen and oxygen atoms in total. The number of aryl methyl sites for hydroxylation is 1. The number of halogens is 1. The lowest BCUT2D eigenvalue weighted by molar-refractivity contribution is 0.563. The Labute approximate surface area is 101 Å². The summed E-state index contributed by atoms with van der Waals surface area (Å²) in [4.78, 5) is 3.95. The fourth-order valence-electron chi connectivity index (χ4n) is 1.22. The molecule has 0 atom stereocenters. The van der Waals surface area contributed by atoms with Crippen molar-refractivity contribution in [1.29, 1.82) is 0 Å². The smallest absolute Gasteiger partial charge is 0.249 e. The van der Waals surface area contributed by atoms with Crippen LogP contribution in [0.15, 0.2) is 10.4 Å². The zero-order chi connectivity index (χ0) is 11.1. The molecule has 0 spiro atoms. The molecular formula is C8H11BrN2O2S2. The maximum atomic E-state index is 11.9. The normalized spacial score (nSPS) is 19.1. The Hall–Kier alpha value is 0.0200. The van der Waals surface area contributed by atoms with E-state index in [9.17, 15) is 8.42 Å². The zero-order valence-electron chi connectivity index (χ0n) is 8.16. The Bertz CT molecular complexity index is 465. The summed E-state index contributed by atoms with van der Waals surface area (Å²) in [5.41, 5.74) is -0.253. The van der Waals surface area contributed by atoms with Crippen LogP contribution in [0.3, 0.4) is 0 Å². The maximum absolute atomic E-state index is 11.9. The molecular weight excluding hydrogens is 300 g/mol. The van der Waals surface area contributed by atoms with E-state index in [1.54, 1.807) is 6.92 Å². The number of hydrogen-bond donors (Lipinski definition) is 1. The minimum atomic E-state index is -3.37. The molecule has 1 N–H and O–H groups in total. The minimum absolute atomic E-state index is 0.253. The van der Waals surface area contributed by atoms with Crippen LogP contribution in [-0.2, 0) is 10.0 Å². The molecule has 0 saturated heterocycles. The molecule has 1 aliphatic rings. The Morgan fingerprint density at radius 3 is 2.73 bits per heavy atom. The molecule has 0 radical (unpaired) electrons. The molecule has 1 fully saturated rings. The van der Waals surface area contributed by atoms with Gasteiger partial charge in [-0.25, -0.2) is 18.1 Å². The van der Waals surface area contributed by atoms with Crippen molar-refractivity contribution in [2.45, 2.75) is 29.5 Å². The van der Waals surface area contributed by atoms with E-state index in [1.165, 1.54) is 17.5 Å².